The Morgan fingerprint density at radius 2 is 1.40 bits per heavy atom. The molecule has 10 heavy (non-hydrogen) atoms. The minimum Gasteiger partial charge on any atom is -0.396 e. The number of hydrogen-bond donors (Lipinski definition) is 4. The molecule has 0 aromatic rings. The van der Waals surface area contributed by atoms with E-state index in [1.165, 1.54) is 0 Å². The van der Waals surface area contributed by atoms with Crippen LogP contribution in [0, 0.1) is 11.8 Å². The molecule has 0 amide bonds. The summed E-state index contributed by atoms with van der Waals surface area (Å²) in [6.07, 6.45) is 0. The normalized spacial score (nSPS) is 45.6. The van der Waals surface area contributed by atoms with Crippen molar-refractivity contribution in [3.05, 3.63) is 0 Å². The summed E-state index contributed by atoms with van der Waals surface area (Å²) < 4.78 is 0. The minimum atomic E-state index is -1.22. The summed E-state index contributed by atoms with van der Waals surface area (Å²) in [4.78, 5) is 0. The molecular weight excluding hydrogens is 136 g/mol. The summed E-state index contributed by atoms with van der Waals surface area (Å²) in [6.45, 7) is -0.742. The lowest BCUT2D eigenvalue weighted by Gasteiger charge is -2.03. The van der Waals surface area contributed by atoms with E-state index in [1.807, 2.05) is 0 Å². The Hall–Kier alpha value is -0.160. The van der Waals surface area contributed by atoms with Crippen LogP contribution in [0.2, 0.25) is 0 Å². The first-order valence-electron chi connectivity index (χ1n) is 3.25. The fraction of sp³-hybridized carbons (Fsp3) is 1.00. The average molecular weight is 148 g/mol. The minimum absolute atomic E-state index is 0.178. The zero-order chi connectivity index (χ0) is 7.78. The van der Waals surface area contributed by atoms with Crippen LogP contribution < -0.4 is 0 Å². The zero-order valence-electron chi connectivity index (χ0n) is 5.56. The monoisotopic (exact) mass is 148 g/mol. The lowest BCUT2D eigenvalue weighted by Crippen LogP contribution is -2.20. The SMILES string of the molecule is OC[C@@H]1[C@@H](CO)C1(O)CO. The Balaban J connectivity index is 2.50. The predicted octanol–water partition coefficient (Wildman–Crippen LogP) is -2.06. The van der Waals surface area contributed by atoms with Gasteiger partial charge < -0.3 is 20.4 Å². The number of rotatable bonds is 3. The van der Waals surface area contributed by atoms with E-state index in [1.54, 1.807) is 0 Å². The molecule has 0 saturated heterocycles. The third-order valence-corrected chi connectivity index (χ3v) is 2.31. The second-order valence-corrected chi connectivity index (χ2v) is 2.73. The van der Waals surface area contributed by atoms with Crippen molar-refractivity contribution in [1.82, 2.24) is 0 Å². The van der Waals surface area contributed by atoms with Crippen LogP contribution in [0.3, 0.4) is 0 Å². The summed E-state index contributed by atoms with van der Waals surface area (Å²) in [6, 6.07) is 0. The molecule has 2 atom stereocenters. The molecule has 0 aliphatic heterocycles. The van der Waals surface area contributed by atoms with Gasteiger partial charge in [-0.25, -0.2) is 0 Å². The highest BCUT2D eigenvalue weighted by Crippen LogP contribution is 2.49. The molecular formula is C6H12O4. The smallest absolute Gasteiger partial charge is 0.0986 e. The molecule has 1 fully saturated rings. The van der Waals surface area contributed by atoms with Gasteiger partial charge in [0.2, 0.25) is 0 Å². The molecule has 4 N–H and O–H groups in total. The molecule has 60 valence electrons. The molecule has 4 heteroatoms. The standard InChI is InChI=1S/C6H12O4/c7-1-4-5(2-8)6(4,10)3-9/h4-5,7-10H,1-3H2/t4-,5-/m1/s1. The third-order valence-electron chi connectivity index (χ3n) is 2.31. The number of aliphatic hydroxyl groups is 4. The van der Waals surface area contributed by atoms with E-state index in [0.29, 0.717) is 0 Å². The van der Waals surface area contributed by atoms with E-state index in [0.717, 1.165) is 0 Å². The molecule has 0 aromatic heterocycles. The van der Waals surface area contributed by atoms with Crippen LogP contribution in [0.1, 0.15) is 0 Å². The van der Waals surface area contributed by atoms with Crippen LogP contribution in [0.15, 0.2) is 0 Å². The highest BCUT2D eigenvalue weighted by Gasteiger charge is 2.62. The molecule has 0 bridgehead atoms. The summed E-state index contributed by atoms with van der Waals surface area (Å²) in [5.74, 6) is -0.690. The second kappa shape index (κ2) is 2.47. The Bertz CT molecular complexity index is 115. The Labute approximate surface area is 58.7 Å². The van der Waals surface area contributed by atoms with E-state index in [4.69, 9.17) is 15.3 Å². The lowest BCUT2D eigenvalue weighted by atomic mass is 10.3. The first-order valence-corrected chi connectivity index (χ1v) is 3.25. The van der Waals surface area contributed by atoms with Crippen LogP contribution in [-0.4, -0.2) is 45.8 Å². The van der Waals surface area contributed by atoms with Gasteiger partial charge in [0.1, 0.15) is 0 Å². The molecule has 1 rings (SSSR count). The van der Waals surface area contributed by atoms with Gasteiger partial charge in [-0.05, 0) is 0 Å². The van der Waals surface area contributed by atoms with Crippen molar-refractivity contribution in [2.45, 2.75) is 5.60 Å². The maximum Gasteiger partial charge on any atom is 0.0986 e. The summed E-state index contributed by atoms with van der Waals surface area (Å²) >= 11 is 0. The van der Waals surface area contributed by atoms with E-state index < -0.39 is 5.60 Å². The highest BCUT2D eigenvalue weighted by atomic mass is 16.3. The van der Waals surface area contributed by atoms with Gasteiger partial charge in [-0.2, -0.15) is 0 Å². The highest BCUT2D eigenvalue weighted by molar-refractivity contribution is 5.11. The van der Waals surface area contributed by atoms with Crippen LogP contribution in [0.4, 0.5) is 0 Å². The molecule has 4 nitrogen and oxygen atoms in total. The topological polar surface area (TPSA) is 80.9 Å². The van der Waals surface area contributed by atoms with Gasteiger partial charge in [0.05, 0.1) is 12.2 Å². The predicted molar refractivity (Wildman–Crippen MR) is 33.2 cm³/mol. The second-order valence-electron chi connectivity index (χ2n) is 2.73. The fourth-order valence-corrected chi connectivity index (χ4v) is 1.39. The summed E-state index contributed by atoms with van der Waals surface area (Å²) in [5, 5.41) is 35.1. The van der Waals surface area contributed by atoms with Gasteiger partial charge in [0.15, 0.2) is 0 Å². The molecule has 1 aliphatic carbocycles. The van der Waals surface area contributed by atoms with Gasteiger partial charge in [-0.3, -0.25) is 0 Å². The van der Waals surface area contributed by atoms with Crippen molar-refractivity contribution in [3.63, 3.8) is 0 Å². The third kappa shape index (κ3) is 0.845. The van der Waals surface area contributed by atoms with Crippen molar-refractivity contribution in [1.29, 1.82) is 0 Å². The van der Waals surface area contributed by atoms with Gasteiger partial charge in [-0.1, -0.05) is 0 Å². The first kappa shape index (κ1) is 7.94. The van der Waals surface area contributed by atoms with Crippen LogP contribution in [0.25, 0.3) is 0 Å². The molecule has 0 spiro atoms. The van der Waals surface area contributed by atoms with Crippen LogP contribution in [-0.2, 0) is 0 Å². The molecule has 0 heterocycles. The summed E-state index contributed by atoms with van der Waals surface area (Å²) in [5.41, 5.74) is -1.22. The van der Waals surface area contributed by atoms with Crippen molar-refractivity contribution < 1.29 is 20.4 Å². The van der Waals surface area contributed by atoms with Crippen molar-refractivity contribution in [2.24, 2.45) is 11.8 Å². The molecule has 1 saturated carbocycles. The van der Waals surface area contributed by atoms with Crippen LogP contribution >= 0.6 is 0 Å². The fourth-order valence-electron chi connectivity index (χ4n) is 1.39. The van der Waals surface area contributed by atoms with E-state index in [9.17, 15) is 5.11 Å². The quantitative estimate of drug-likeness (QED) is 0.371. The van der Waals surface area contributed by atoms with Crippen molar-refractivity contribution in [2.75, 3.05) is 19.8 Å². The largest absolute Gasteiger partial charge is 0.396 e. The van der Waals surface area contributed by atoms with Gasteiger partial charge in [0.25, 0.3) is 0 Å². The maximum atomic E-state index is 9.29. The molecule has 0 unspecified atom stereocenters. The van der Waals surface area contributed by atoms with Gasteiger partial charge in [0, 0.05) is 25.0 Å². The van der Waals surface area contributed by atoms with E-state index in [-0.39, 0.29) is 31.7 Å². The number of hydrogen-bond acceptors (Lipinski definition) is 4. The van der Waals surface area contributed by atoms with Gasteiger partial charge >= 0.3 is 0 Å². The first-order chi connectivity index (χ1) is 4.70. The molecule has 1 aliphatic rings. The Kier molecular flexibility index (Phi) is 1.96. The maximum absolute atomic E-state index is 9.29. The number of aliphatic hydroxyl groups excluding tert-OH is 3. The average Bonchev–Trinajstić information content (AvgIpc) is 2.56. The molecule has 0 radical (unpaired) electrons. The Morgan fingerprint density at radius 1 is 1.00 bits per heavy atom. The van der Waals surface area contributed by atoms with Crippen molar-refractivity contribution in [3.8, 4) is 0 Å². The summed E-state index contributed by atoms with van der Waals surface area (Å²) in [7, 11) is 0. The molecule has 0 aromatic carbocycles. The van der Waals surface area contributed by atoms with E-state index in [2.05, 4.69) is 0 Å². The van der Waals surface area contributed by atoms with E-state index >= 15 is 0 Å². The lowest BCUT2D eigenvalue weighted by molar-refractivity contribution is 0.0358. The van der Waals surface area contributed by atoms with Crippen LogP contribution in [0.5, 0.6) is 0 Å². The Morgan fingerprint density at radius 3 is 1.50 bits per heavy atom. The van der Waals surface area contributed by atoms with Gasteiger partial charge in [-0.15, -0.1) is 0 Å². The zero-order valence-corrected chi connectivity index (χ0v) is 5.56. The van der Waals surface area contributed by atoms with Crippen molar-refractivity contribution >= 4 is 0 Å².